The minimum atomic E-state index is -0.139. The maximum absolute atomic E-state index is 13.9. The van der Waals surface area contributed by atoms with Gasteiger partial charge in [0.25, 0.3) is 5.91 Å². The highest BCUT2D eigenvalue weighted by Crippen LogP contribution is 2.42. The van der Waals surface area contributed by atoms with Crippen LogP contribution in [-0.4, -0.2) is 29.0 Å². The molecular formula is C33H38N2O3S. The van der Waals surface area contributed by atoms with Gasteiger partial charge in [0.15, 0.2) is 17.0 Å². The second-order valence-corrected chi connectivity index (χ2v) is 11.6. The third-order valence-electron chi connectivity index (χ3n) is 7.47. The van der Waals surface area contributed by atoms with Crippen molar-refractivity contribution < 1.29 is 14.3 Å². The highest BCUT2D eigenvalue weighted by Gasteiger charge is 2.42. The topological polar surface area (TPSA) is 50.8 Å². The van der Waals surface area contributed by atoms with Crippen LogP contribution in [-0.2, 0) is 11.4 Å². The number of benzene rings is 3. The molecule has 2 aliphatic rings. The number of rotatable bonds is 9. The summed E-state index contributed by atoms with van der Waals surface area (Å²) < 4.78 is 12.1. The summed E-state index contributed by atoms with van der Waals surface area (Å²) in [5.41, 5.74) is 4.13. The number of para-hydroxylation sites is 1. The van der Waals surface area contributed by atoms with E-state index in [4.69, 9.17) is 9.47 Å². The van der Waals surface area contributed by atoms with Crippen molar-refractivity contribution >= 4 is 29.4 Å². The van der Waals surface area contributed by atoms with Crippen LogP contribution in [0, 0.1) is 12.8 Å². The number of nitrogens with one attached hydrogen (secondary N) is 1. The predicted octanol–water partition coefficient (Wildman–Crippen LogP) is 7.86. The van der Waals surface area contributed by atoms with Gasteiger partial charge in [0.05, 0.1) is 11.5 Å². The second kappa shape index (κ2) is 12.6. The van der Waals surface area contributed by atoms with Crippen LogP contribution in [0.25, 0.3) is 6.08 Å². The summed E-state index contributed by atoms with van der Waals surface area (Å²) in [6, 6.07) is 24.6. The molecule has 0 bridgehead atoms. The molecule has 3 atom stereocenters. The normalized spacial score (nSPS) is 22.2. The van der Waals surface area contributed by atoms with Gasteiger partial charge in [-0.25, -0.2) is 0 Å². The molecule has 2 fully saturated rings. The van der Waals surface area contributed by atoms with Crippen LogP contribution < -0.4 is 14.8 Å². The first kappa shape index (κ1) is 27.2. The van der Waals surface area contributed by atoms with E-state index in [1.807, 2.05) is 55.5 Å². The first-order valence-corrected chi connectivity index (χ1v) is 14.9. The van der Waals surface area contributed by atoms with Crippen LogP contribution in [0.15, 0.2) is 77.7 Å². The monoisotopic (exact) mass is 542 g/mol. The lowest BCUT2D eigenvalue weighted by Gasteiger charge is -2.39. The molecule has 1 amide bonds. The molecule has 5 nitrogen and oxygen atoms in total. The van der Waals surface area contributed by atoms with E-state index in [1.54, 1.807) is 11.8 Å². The number of anilines is 1. The number of thioether (sulfide) groups is 1. The Bertz CT molecular complexity index is 1310. The van der Waals surface area contributed by atoms with Gasteiger partial charge in [-0.05, 0) is 74.1 Å². The Kier molecular flexibility index (Phi) is 8.82. The number of ether oxygens (including phenoxy) is 2. The van der Waals surface area contributed by atoms with Crippen molar-refractivity contribution in [2.75, 3.05) is 11.9 Å². The van der Waals surface area contributed by atoms with Crippen molar-refractivity contribution in [3.05, 3.63) is 94.4 Å². The Morgan fingerprint density at radius 2 is 1.79 bits per heavy atom. The van der Waals surface area contributed by atoms with E-state index in [-0.39, 0.29) is 17.4 Å². The van der Waals surface area contributed by atoms with Gasteiger partial charge >= 0.3 is 0 Å². The third kappa shape index (κ3) is 6.62. The van der Waals surface area contributed by atoms with Gasteiger partial charge in [0, 0.05) is 11.7 Å². The quantitative estimate of drug-likeness (QED) is 0.279. The van der Waals surface area contributed by atoms with E-state index in [2.05, 4.69) is 54.4 Å². The van der Waals surface area contributed by atoms with Crippen LogP contribution in [0.3, 0.4) is 0 Å². The molecule has 0 radical (unpaired) electrons. The van der Waals surface area contributed by atoms with Crippen LogP contribution in [0.5, 0.6) is 11.5 Å². The zero-order valence-corrected chi connectivity index (χ0v) is 23.9. The van der Waals surface area contributed by atoms with Crippen molar-refractivity contribution in [1.82, 2.24) is 4.90 Å². The van der Waals surface area contributed by atoms with Gasteiger partial charge in [-0.1, -0.05) is 85.6 Å². The van der Waals surface area contributed by atoms with Gasteiger partial charge in [-0.3, -0.25) is 4.79 Å². The number of hydrogen-bond acceptors (Lipinski definition) is 5. The number of carbonyl (C=O) groups excluding carboxylic acids is 1. The van der Waals surface area contributed by atoms with E-state index in [9.17, 15) is 4.79 Å². The van der Waals surface area contributed by atoms with Crippen molar-refractivity contribution in [2.45, 2.75) is 64.6 Å². The van der Waals surface area contributed by atoms with Crippen LogP contribution in [0.2, 0.25) is 0 Å². The van der Waals surface area contributed by atoms with Crippen molar-refractivity contribution in [1.29, 1.82) is 0 Å². The summed E-state index contributed by atoms with van der Waals surface area (Å²) in [6.45, 7) is 7.33. The van der Waals surface area contributed by atoms with Gasteiger partial charge in [0.1, 0.15) is 6.61 Å². The molecule has 0 spiro atoms. The molecule has 6 heteroatoms. The summed E-state index contributed by atoms with van der Waals surface area (Å²) in [5, 5.41) is 3.61. The zero-order chi connectivity index (χ0) is 27.2. The zero-order valence-electron chi connectivity index (χ0n) is 23.1. The van der Waals surface area contributed by atoms with E-state index in [0.29, 0.717) is 30.6 Å². The Balaban J connectivity index is 1.39. The molecule has 3 aromatic rings. The minimum absolute atomic E-state index is 0.102. The molecule has 0 aromatic heterocycles. The lowest BCUT2D eigenvalue weighted by atomic mass is 9.85. The summed E-state index contributed by atoms with van der Waals surface area (Å²) in [4.78, 5) is 16.7. The highest BCUT2D eigenvalue weighted by atomic mass is 32.2. The Hall–Kier alpha value is -3.38. The maximum Gasteiger partial charge on any atom is 0.262 e. The van der Waals surface area contributed by atoms with E-state index in [0.717, 1.165) is 34.6 Å². The van der Waals surface area contributed by atoms with Gasteiger partial charge < -0.3 is 19.7 Å². The largest absolute Gasteiger partial charge is 0.490 e. The standard InChI is InChI=1S/C33H38N2O3S/c1-4-37-30-20-25(17-18-29(30)38-22-26-13-10-11-23(2)19-26)21-31-32(36)35(28-16-9-8-12-24(28)3)33(39-31)34-27-14-6-5-7-15-27/h5-7,10-11,13-15,17-21,24,28,33-34H,4,8-9,12,16,22H2,1-3H3/b31-21-/t24-,28+,33?/m1/s1. The molecule has 1 heterocycles. The Morgan fingerprint density at radius 3 is 2.56 bits per heavy atom. The van der Waals surface area contributed by atoms with E-state index in [1.165, 1.54) is 18.4 Å². The molecule has 1 saturated heterocycles. The summed E-state index contributed by atoms with van der Waals surface area (Å²) in [5.74, 6) is 1.97. The summed E-state index contributed by atoms with van der Waals surface area (Å²) >= 11 is 1.60. The average Bonchev–Trinajstić information content (AvgIpc) is 3.23. The number of hydrogen-bond donors (Lipinski definition) is 1. The fourth-order valence-electron chi connectivity index (χ4n) is 5.48. The molecule has 1 aliphatic carbocycles. The first-order valence-electron chi connectivity index (χ1n) is 14.0. The lowest BCUT2D eigenvalue weighted by Crippen LogP contribution is -2.48. The van der Waals surface area contributed by atoms with Gasteiger partial charge in [0.2, 0.25) is 0 Å². The molecule has 1 unspecified atom stereocenters. The number of nitrogens with zero attached hydrogens (tertiary/aromatic N) is 1. The molecule has 5 rings (SSSR count). The van der Waals surface area contributed by atoms with Crippen LogP contribution >= 0.6 is 11.8 Å². The smallest absolute Gasteiger partial charge is 0.262 e. The summed E-state index contributed by atoms with van der Waals surface area (Å²) in [7, 11) is 0. The highest BCUT2D eigenvalue weighted by molar-refractivity contribution is 8.05. The van der Waals surface area contributed by atoms with Gasteiger partial charge in [-0.2, -0.15) is 0 Å². The number of amides is 1. The number of aryl methyl sites for hydroxylation is 1. The van der Waals surface area contributed by atoms with Gasteiger partial charge in [-0.15, -0.1) is 0 Å². The molecule has 1 aliphatic heterocycles. The van der Waals surface area contributed by atoms with E-state index < -0.39 is 0 Å². The molecular weight excluding hydrogens is 504 g/mol. The molecule has 1 saturated carbocycles. The molecule has 204 valence electrons. The van der Waals surface area contributed by atoms with Crippen molar-refractivity contribution in [3.8, 4) is 11.5 Å². The molecule has 39 heavy (non-hydrogen) atoms. The fourth-order valence-corrected chi connectivity index (χ4v) is 6.70. The Labute approximate surface area is 236 Å². The van der Waals surface area contributed by atoms with E-state index >= 15 is 0 Å². The predicted molar refractivity (Wildman–Crippen MR) is 161 cm³/mol. The van der Waals surface area contributed by atoms with Crippen molar-refractivity contribution in [2.24, 2.45) is 5.92 Å². The summed E-state index contributed by atoms with van der Waals surface area (Å²) in [6.07, 6.45) is 6.62. The maximum atomic E-state index is 13.9. The minimum Gasteiger partial charge on any atom is -0.490 e. The first-order chi connectivity index (χ1) is 19.0. The lowest BCUT2D eigenvalue weighted by molar-refractivity contribution is -0.129. The van der Waals surface area contributed by atoms with Crippen LogP contribution in [0.4, 0.5) is 5.69 Å². The fraction of sp³-hybridized carbons (Fsp3) is 0.364. The van der Waals surface area contributed by atoms with Crippen molar-refractivity contribution in [3.63, 3.8) is 0 Å². The average molecular weight is 543 g/mol. The second-order valence-electron chi connectivity index (χ2n) is 10.4. The third-order valence-corrected chi connectivity index (χ3v) is 8.58. The number of carbonyl (C=O) groups is 1. The Morgan fingerprint density at radius 1 is 0.974 bits per heavy atom. The molecule has 1 N–H and O–H groups in total. The molecule has 3 aromatic carbocycles. The van der Waals surface area contributed by atoms with Crippen LogP contribution in [0.1, 0.15) is 56.2 Å². The SMILES string of the molecule is CCOc1cc(/C=C2\SC(Nc3ccccc3)N([C@H]3CCCC[C@H]3C)C2=O)ccc1OCc1cccc(C)c1.